The molecule has 1 atom stereocenters. The molecule has 6 heteroatoms. The monoisotopic (exact) mass is 261 g/mol. The van der Waals surface area contributed by atoms with Crippen molar-refractivity contribution in [2.75, 3.05) is 13.1 Å². The number of aryl methyl sites for hydroxylation is 1. The van der Waals surface area contributed by atoms with Gasteiger partial charge in [-0.3, -0.25) is 9.58 Å². The summed E-state index contributed by atoms with van der Waals surface area (Å²) in [7, 11) is 2.04. The summed E-state index contributed by atoms with van der Waals surface area (Å²) in [5.41, 5.74) is 2.46. The van der Waals surface area contributed by atoms with E-state index in [0.29, 0.717) is 13.1 Å². The number of hydrogen-bond acceptors (Lipinski definition) is 4. The van der Waals surface area contributed by atoms with Gasteiger partial charge in [0.1, 0.15) is 0 Å². The van der Waals surface area contributed by atoms with Gasteiger partial charge < -0.3 is 9.67 Å². The molecule has 3 heterocycles. The number of imidazole rings is 1. The van der Waals surface area contributed by atoms with Crippen LogP contribution in [0.3, 0.4) is 0 Å². The molecule has 0 saturated heterocycles. The van der Waals surface area contributed by atoms with Gasteiger partial charge in [0.05, 0.1) is 24.7 Å². The minimum Gasteiger partial charge on any atom is -0.390 e. The topological polar surface area (TPSA) is 59.1 Å². The van der Waals surface area contributed by atoms with Crippen LogP contribution in [0.4, 0.5) is 0 Å². The number of aromatic nitrogens is 4. The third-order valence-electron chi connectivity index (χ3n) is 3.61. The highest BCUT2D eigenvalue weighted by atomic mass is 16.3. The molecule has 0 amide bonds. The lowest BCUT2D eigenvalue weighted by Gasteiger charge is -2.28. The van der Waals surface area contributed by atoms with E-state index in [4.69, 9.17) is 0 Å². The smallest absolute Gasteiger partial charge is 0.0949 e. The van der Waals surface area contributed by atoms with Crippen LogP contribution in [-0.4, -0.2) is 48.5 Å². The summed E-state index contributed by atoms with van der Waals surface area (Å²) in [6, 6.07) is 1.87. The highest BCUT2D eigenvalue weighted by molar-refractivity contribution is 5.16. The zero-order chi connectivity index (χ0) is 13.2. The van der Waals surface area contributed by atoms with Crippen LogP contribution in [0.15, 0.2) is 24.8 Å². The fourth-order valence-electron chi connectivity index (χ4n) is 2.65. The second-order valence-electron chi connectivity index (χ2n) is 5.12. The Bertz CT molecular complexity index is 533. The zero-order valence-corrected chi connectivity index (χ0v) is 11.1. The van der Waals surface area contributed by atoms with Crippen LogP contribution >= 0.6 is 0 Å². The molecule has 1 N–H and O–H groups in total. The Morgan fingerprint density at radius 2 is 2.32 bits per heavy atom. The van der Waals surface area contributed by atoms with Gasteiger partial charge in [0.2, 0.25) is 0 Å². The first-order valence-corrected chi connectivity index (χ1v) is 6.59. The molecular formula is C13H19N5O. The molecule has 1 aliphatic heterocycles. The number of aliphatic hydroxyl groups is 1. The summed E-state index contributed by atoms with van der Waals surface area (Å²) in [5, 5.41) is 14.2. The van der Waals surface area contributed by atoms with Crippen LogP contribution in [0.1, 0.15) is 11.4 Å². The van der Waals surface area contributed by atoms with Crippen molar-refractivity contribution in [1.82, 2.24) is 24.2 Å². The van der Waals surface area contributed by atoms with Crippen LogP contribution in [0.25, 0.3) is 0 Å². The van der Waals surface area contributed by atoms with E-state index in [1.54, 1.807) is 10.9 Å². The summed E-state index contributed by atoms with van der Waals surface area (Å²) in [6.45, 7) is 3.00. The third kappa shape index (κ3) is 2.69. The van der Waals surface area contributed by atoms with Gasteiger partial charge in [0.15, 0.2) is 0 Å². The van der Waals surface area contributed by atoms with Gasteiger partial charge in [0, 0.05) is 51.2 Å². The Morgan fingerprint density at radius 3 is 3.11 bits per heavy atom. The lowest BCUT2D eigenvalue weighted by atomic mass is 10.1. The second kappa shape index (κ2) is 5.14. The normalized spacial score (nSPS) is 17.4. The first kappa shape index (κ1) is 12.4. The van der Waals surface area contributed by atoms with E-state index < -0.39 is 6.10 Å². The van der Waals surface area contributed by atoms with Crippen LogP contribution in [0, 0.1) is 0 Å². The van der Waals surface area contributed by atoms with Crippen molar-refractivity contribution in [2.45, 2.75) is 25.6 Å². The zero-order valence-electron chi connectivity index (χ0n) is 11.1. The van der Waals surface area contributed by atoms with Gasteiger partial charge in [0.25, 0.3) is 0 Å². The first-order valence-electron chi connectivity index (χ1n) is 6.59. The minimum absolute atomic E-state index is 0.398. The summed E-state index contributed by atoms with van der Waals surface area (Å²) >= 11 is 0. The maximum atomic E-state index is 10.1. The average Bonchev–Trinajstić information content (AvgIpc) is 3.00. The van der Waals surface area contributed by atoms with Gasteiger partial charge in [-0.15, -0.1) is 0 Å². The second-order valence-corrected chi connectivity index (χ2v) is 5.12. The third-order valence-corrected chi connectivity index (χ3v) is 3.61. The van der Waals surface area contributed by atoms with Gasteiger partial charge >= 0.3 is 0 Å². The quantitative estimate of drug-likeness (QED) is 0.844. The van der Waals surface area contributed by atoms with Crippen molar-refractivity contribution in [1.29, 1.82) is 0 Å². The minimum atomic E-state index is -0.398. The van der Waals surface area contributed by atoms with E-state index in [1.807, 2.05) is 25.6 Å². The van der Waals surface area contributed by atoms with Crippen molar-refractivity contribution >= 4 is 0 Å². The fraction of sp³-hybridized carbons (Fsp3) is 0.538. The van der Waals surface area contributed by atoms with E-state index in [9.17, 15) is 5.11 Å². The SMILES string of the molecule is Cn1cnc2c1CCN(C[C@H](O)Cn1cccn1)C2. The molecule has 19 heavy (non-hydrogen) atoms. The number of β-amino-alcohol motifs (C(OH)–C–C–N with tert-alkyl or cyclic N) is 1. The van der Waals surface area contributed by atoms with E-state index in [2.05, 4.69) is 19.5 Å². The van der Waals surface area contributed by atoms with E-state index in [1.165, 1.54) is 5.69 Å². The highest BCUT2D eigenvalue weighted by Gasteiger charge is 2.21. The van der Waals surface area contributed by atoms with Gasteiger partial charge in [-0.25, -0.2) is 4.98 Å². The van der Waals surface area contributed by atoms with Crippen LogP contribution in [0.2, 0.25) is 0 Å². The average molecular weight is 261 g/mol. The predicted octanol–water partition coefficient (Wildman–Crippen LogP) is 0.0358. The van der Waals surface area contributed by atoms with Crippen molar-refractivity contribution in [2.24, 2.45) is 7.05 Å². The molecule has 0 fully saturated rings. The van der Waals surface area contributed by atoms with E-state index >= 15 is 0 Å². The Balaban J connectivity index is 1.57. The van der Waals surface area contributed by atoms with Crippen molar-refractivity contribution in [3.63, 3.8) is 0 Å². The van der Waals surface area contributed by atoms with Crippen LogP contribution < -0.4 is 0 Å². The first-order chi connectivity index (χ1) is 9.22. The summed E-state index contributed by atoms with van der Waals surface area (Å²) in [4.78, 5) is 6.67. The molecule has 2 aromatic rings. The largest absolute Gasteiger partial charge is 0.390 e. The maximum absolute atomic E-state index is 10.1. The highest BCUT2D eigenvalue weighted by Crippen LogP contribution is 2.17. The lowest BCUT2D eigenvalue weighted by Crippen LogP contribution is -2.38. The summed E-state index contributed by atoms with van der Waals surface area (Å²) in [6.07, 6.45) is 6.07. The number of rotatable bonds is 4. The Kier molecular flexibility index (Phi) is 3.35. The number of fused-ring (bicyclic) bond motifs is 1. The number of hydrogen-bond donors (Lipinski definition) is 1. The predicted molar refractivity (Wildman–Crippen MR) is 70.4 cm³/mol. The van der Waals surface area contributed by atoms with Crippen LogP contribution in [-0.2, 0) is 26.6 Å². The molecule has 102 valence electrons. The molecule has 0 spiro atoms. The Labute approximate surface area is 112 Å². The van der Waals surface area contributed by atoms with E-state index in [0.717, 1.165) is 25.2 Å². The molecule has 0 saturated carbocycles. The van der Waals surface area contributed by atoms with Gasteiger partial charge in [-0.2, -0.15) is 5.10 Å². The summed E-state index contributed by atoms with van der Waals surface area (Å²) in [5.74, 6) is 0. The molecule has 0 bridgehead atoms. The van der Waals surface area contributed by atoms with Crippen molar-refractivity contribution < 1.29 is 5.11 Å². The molecule has 0 radical (unpaired) electrons. The van der Waals surface area contributed by atoms with Crippen molar-refractivity contribution in [3.05, 3.63) is 36.2 Å². The molecule has 3 rings (SSSR count). The maximum Gasteiger partial charge on any atom is 0.0949 e. The number of aliphatic hydroxyl groups excluding tert-OH is 1. The fourth-order valence-corrected chi connectivity index (χ4v) is 2.65. The van der Waals surface area contributed by atoms with E-state index in [-0.39, 0.29) is 0 Å². The standard InChI is InChI=1S/C13H19N5O/c1-16-10-14-12-9-17(6-3-13(12)16)7-11(19)8-18-5-2-4-15-18/h2,4-5,10-11,19H,3,6-9H2,1H3/t11-/m0/s1. The van der Waals surface area contributed by atoms with Gasteiger partial charge in [-0.1, -0.05) is 0 Å². The molecule has 2 aromatic heterocycles. The Morgan fingerprint density at radius 1 is 1.42 bits per heavy atom. The molecule has 0 unspecified atom stereocenters. The molecule has 6 nitrogen and oxygen atoms in total. The summed E-state index contributed by atoms with van der Waals surface area (Å²) < 4.78 is 3.85. The Hall–Kier alpha value is -1.66. The number of nitrogens with zero attached hydrogens (tertiary/aromatic N) is 5. The molecule has 0 aromatic carbocycles. The molecule has 1 aliphatic rings. The van der Waals surface area contributed by atoms with Crippen molar-refractivity contribution in [3.8, 4) is 0 Å². The lowest BCUT2D eigenvalue weighted by molar-refractivity contribution is 0.0879. The molecule has 0 aliphatic carbocycles. The van der Waals surface area contributed by atoms with Crippen LogP contribution in [0.5, 0.6) is 0 Å². The van der Waals surface area contributed by atoms with Gasteiger partial charge in [-0.05, 0) is 6.07 Å². The molecular weight excluding hydrogens is 242 g/mol.